The topological polar surface area (TPSA) is 64.0 Å². The Kier molecular flexibility index (Phi) is 4.73. The lowest BCUT2D eigenvalue weighted by Crippen LogP contribution is -2.28. The Hall–Kier alpha value is -3.07. The highest BCUT2D eigenvalue weighted by molar-refractivity contribution is 7.95. The zero-order valence-corrected chi connectivity index (χ0v) is 16.9. The van der Waals surface area contributed by atoms with Gasteiger partial charge in [-0.3, -0.25) is 0 Å². The monoisotopic (exact) mass is 433 g/mol. The fourth-order valence-corrected chi connectivity index (χ4v) is 5.25. The number of aryl methyl sites for hydroxylation is 1. The van der Waals surface area contributed by atoms with Crippen LogP contribution < -0.4 is 5.32 Å². The minimum atomic E-state index is -4.66. The standard InChI is InChI=1S/C21H18F3N3O2S/c1-13-8-10-16(11-9-13)30(28,29)20-14(2)25-18-12-17(21(22,23)24)26-27(18)19(20)15-6-4-3-5-7-15/h3-12,19,25H,1-2H3. The fraction of sp³-hybridized carbons (Fsp3) is 0.190. The molecule has 1 aromatic heterocycles. The van der Waals surface area contributed by atoms with Crippen LogP contribution in [0.5, 0.6) is 0 Å². The fourth-order valence-electron chi connectivity index (χ4n) is 3.51. The average molecular weight is 433 g/mol. The van der Waals surface area contributed by atoms with Crippen molar-refractivity contribution >= 4 is 15.7 Å². The molecule has 156 valence electrons. The number of hydrogen-bond acceptors (Lipinski definition) is 4. The molecule has 1 N–H and O–H groups in total. The number of anilines is 1. The summed E-state index contributed by atoms with van der Waals surface area (Å²) in [6, 6.07) is 14.7. The molecule has 1 aliphatic heterocycles. The van der Waals surface area contributed by atoms with E-state index in [9.17, 15) is 21.6 Å². The van der Waals surface area contributed by atoms with Gasteiger partial charge in [-0.25, -0.2) is 13.1 Å². The van der Waals surface area contributed by atoms with E-state index in [0.29, 0.717) is 5.56 Å². The smallest absolute Gasteiger partial charge is 0.343 e. The van der Waals surface area contributed by atoms with Gasteiger partial charge in [0.1, 0.15) is 11.9 Å². The Labute approximate surface area is 171 Å². The molecule has 0 saturated carbocycles. The molecule has 3 aromatic rings. The Morgan fingerprint density at radius 3 is 2.23 bits per heavy atom. The first kappa shape index (κ1) is 20.2. The summed E-state index contributed by atoms with van der Waals surface area (Å²) in [5.41, 5.74) is 0.575. The van der Waals surface area contributed by atoms with Crippen molar-refractivity contribution in [1.29, 1.82) is 0 Å². The number of rotatable bonds is 3. The van der Waals surface area contributed by atoms with Crippen LogP contribution in [0.1, 0.15) is 29.8 Å². The van der Waals surface area contributed by atoms with Crippen LogP contribution in [0.15, 0.2) is 76.2 Å². The number of benzene rings is 2. The Morgan fingerprint density at radius 1 is 1.00 bits per heavy atom. The van der Waals surface area contributed by atoms with Crippen LogP contribution in [0.25, 0.3) is 0 Å². The van der Waals surface area contributed by atoms with Crippen molar-refractivity contribution in [1.82, 2.24) is 9.78 Å². The minimum absolute atomic E-state index is 0.0399. The van der Waals surface area contributed by atoms with Crippen LogP contribution in [0.4, 0.5) is 19.0 Å². The summed E-state index contributed by atoms with van der Waals surface area (Å²) < 4.78 is 68.1. The number of hydrogen-bond donors (Lipinski definition) is 1. The van der Waals surface area contributed by atoms with Gasteiger partial charge >= 0.3 is 6.18 Å². The second-order valence-electron chi connectivity index (χ2n) is 7.10. The number of alkyl halides is 3. The predicted molar refractivity (Wildman–Crippen MR) is 106 cm³/mol. The van der Waals surface area contributed by atoms with Gasteiger partial charge in [0.15, 0.2) is 5.69 Å². The molecule has 1 aliphatic rings. The Balaban J connectivity index is 1.95. The average Bonchev–Trinajstić information content (AvgIpc) is 3.12. The second kappa shape index (κ2) is 7.02. The first-order chi connectivity index (χ1) is 14.1. The zero-order valence-electron chi connectivity index (χ0n) is 16.1. The van der Waals surface area contributed by atoms with Crippen molar-refractivity contribution in [2.45, 2.75) is 31.0 Å². The normalized spacial score (nSPS) is 16.9. The molecule has 9 heteroatoms. The van der Waals surface area contributed by atoms with Crippen molar-refractivity contribution in [3.63, 3.8) is 0 Å². The highest BCUT2D eigenvalue weighted by atomic mass is 32.2. The van der Waals surface area contributed by atoms with E-state index in [1.807, 2.05) is 6.92 Å². The molecule has 0 radical (unpaired) electrons. The molecule has 0 spiro atoms. The molecule has 2 heterocycles. The summed E-state index contributed by atoms with van der Waals surface area (Å²) in [6.45, 7) is 3.38. The lowest BCUT2D eigenvalue weighted by atomic mass is 10.0. The summed E-state index contributed by atoms with van der Waals surface area (Å²) >= 11 is 0. The number of nitrogens with one attached hydrogen (secondary N) is 1. The molecule has 1 atom stereocenters. The van der Waals surface area contributed by atoms with Crippen molar-refractivity contribution in [3.8, 4) is 0 Å². The van der Waals surface area contributed by atoms with Crippen LogP contribution in [0.3, 0.4) is 0 Å². The van der Waals surface area contributed by atoms with Crippen LogP contribution >= 0.6 is 0 Å². The van der Waals surface area contributed by atoms with Gasteiger partial charge in [0, 0.05) is 11.8 Å². The first-order valence-corrected chi connectivity index (χ1v) is 10.6. The highest BCUT2D eigenvalue weighted by Crippen LogP contribution is 2.42. The van der Waals surface area contributed by atoms with Crippen molar-refractivity contribution in [2.24, 2.45) is 0 Å². The van der Waals surface area contributed by atoms with E-state index in [1.54, 1.807) is 49.4 Å². The summed E-state index contributed by atoms with van der Waals surface area (Å²) in [5, 5.41) is 6.51. The van der Waals surface area contributed by atoms with Gasteiger partial charge in [0.25, 0.3) is 0 Å². The number of nitrogens with zero attached hydrogens (tertiary/aromatic N) is 2. The first-order valence-electron chi connectivity index (χ1n) is 9.10. The molecular weight excluding hydrogens is 415 g/mol. The predicted octanol–water partition coefficient (Wildman–Crippen LogP) is 4.93. The molecular formula is C21H18F3N3O2S. The molecule has 0 saturated heterocycles. The van der Waals surface area contributed by atoms with Gasteiger partial charge in [-0.2, -0.15) is 18.3 Å². The van der Waals surface area contributed by atoms with Gasteiger partial charge < -0.3 is 5.32 Å². The number of allylic oxidation sites excluding steroid dienone is 2. The Morgan fingerprint density at radius 2 is 1.63 bits per heavy atom. The molecule has 1 unspecified atom stereocenters. The second-order valence-corrected chi connectivity index (χ2v) is 9.02. The summed E-state index contributed by atoms with van der Waals surface area (Å²) in [7, 11) is -4.02. The van der Waals surface area contributed by atoms with E-state index in [4.69, 9.17) is 0 Å². The SMILES string of the molecule is CC1=C(S(=O)(=O)c2ccc(C)cc2)C(c2ccccc2)n2nc(C(F)(F)F)cc2N1. The maximum absolute atomic E-state index is 13.5. The third-order valence-electron chi connectivity index (χ3n) is 4.94. The van der Waals surface area contributed by atoms with Crippen LogP contribution in [-0.4, -0.2) is 18.2 Å². The van der Waals surface area contributed by atoms with Crippen LogP contribution in [0, 0.1) is 6.92 Å². The van der Waals surface area contributed by atoms with Crippen LogP contribution in [-0.2, 0) is 16.0 Å². The van der Waals surface area contributed by atoms with E-state index in [1.165, 1.54) is 12.1 Å². The van der Waals surface area contributed by atoms with Crippen LogP contribution in [0.2, 0.25) is 0 Å². The van der Waals surface area contributed by atoms with Gasteiger partial charge in [-0.1, -0.05) is 48.0 Å². The third kappa shape index (κ3) is 3.39. The summed E-state index contributed by atoms with van der Waals surface area (Å²) in [6.07, 6.45) is -4.66. The number of halogens is 3. The largest absolute Gasteiger partial charge is 0.435 e. The van der Waals surface area contributed by atoms with E-state index in [0.717, 1.165) is 16.3 Å². The number of fused-ring (bicyclic) bond motifs is 1. The lowest BCUT2D eigenvalue weighted by molar-refractivity contribution is -0.141. The summed E-state index contributed by atoms with van der Waals surface area (Å²) in [5.74, 6) is 0.0801. The van der Waals surface area contributed by atoms with Crippen molar-refractivity contribution < 1.29 is 21.6 Å². The highest BCUT2D eigenvalue weighted by Gasteiger charge is 2.41. The maximum atomic E-state index is 13.5. The van der Waals surface area contributed by atoms with E-state index in [2.05, 4.69) is 10.4 Å². The van der Waals surface area contributed by atoms with Crippen molar-refractivity contribution in [3.05, 3.63) is 88.1 Å². The van der Waals surface area contributed by atoms with E-state index < -0.39 is 27.7 Å². The zero-order chi connectivity index (χ0) is 21.7. The third-order valence-corrected chi connectivity index (χ3v) is 6.94. The van der Waals surface area contributed by atoms with Gasteiger partial charge in [0.2, 0.25) is 9.84 Å². The number of sulfone groups is 1. The van der Waals surface area contributed by atoms with Gasteiger partial charge in [-0.15, -0.1) is 0 Å². The molecule has 5 nitrogen and oxygen atoms in total. The van der Waals surface area contributed by atoms with Gasteiger partial charge in [-0.05, 0) is 31.5 Å². The van der Waals surface area contributed by atoms with E-state index >= 15 is 0 Å². The molecule has 30 heavy (non-hydrogen) atoms. The molecule has 4 rings (SSSR count). The lowest BCUT2D eigenvalue weighted by Gasteiger charge is -2.30. The molecule has 0 aliphatic carbocycles. The number of aromatic nitrogens is 2. The molecule has 2 aromatic carbocycles. The minimum Gasteiger partial charge on any atom is -0.343 e. The summed E-state index contributed by atoms with van der Waals surface area (Å²) in [4.78, 5) is 0.0266. The van der Waals surface area contributed by atoms with E-state index in [-0.39, 0.29) is 21.3 Å². The van der Waals surface area contributed by atoms with Gasteiger partial charge in [0.05, 0.1) is 9.80 Å². The van der Waals surface area contributed by atoms with Crippen molar-refractivity contribution in [2.75, 3.05) is 5.32 Å². The quantitative estimate of drug-likeness (QED) is 0.636. The molecule has 0 bridgehead atoms. The Bertz CT molecular complexity index is 1230. The maximum Gasteiger partial charge on any atom is 0.435 e. The molecule has 0 amide bonds. The molecule has 0 fully saturated rings.